The highest BCUT2D eigenvalue weighted by molar-refractivity contribution is 5.93. The van der Waals surface area contributed by atoms with Crippen LogP contribution >= 0.6 is 0 Å². The molecule has 0 spiro atoms. The summed E-state index contributed by atoms with van der Waals surface area (Å²) in [7, 11) is 0. The van der Waals surface area contributed by atoms with Crippen molar-refractivity contribution in [3.05, 3.63) is 42.1 Å². The van der Waals surface area contributed by atoms with Crippen LogP contribution < -0.4 is 4.90 Å². The van der Waals surface area contributed by atoms with Crippen LogP contribution in [0.3, 0.4) is 0 Å². The second kappa shape index (κ2) is 5.99. The number of anilines is 1. The summed E-state index contributed by atoms with van der Waals surface area (Å²) in [5, 5.41) is 13.8. The molecule has 0 atom stereocenters. The van der Waals surface area contributed by atoms with Crippen molar-refractivity contribution in [2.45, 2.75) is 25.7 Å². The van der Waals surface area contributed by atoms with Crippen LogP contribution in [-0.4, -0.2) is 33.9 Å². The van der Waals surface area contributed by atoms with E-state index in [0.29, 0.717) is 5.82 Å². The lowest BCUT2D eigenvalue weighted by Crippen LogP contribution is -2.28. The summed E-state index contributed by atoms with van der Waals surface area (Å²) < 4.78 is 1.74. The van der Waals surface area contributed by atoms with Gasteiger partial charge in [0.25, 0.3) is 0 Å². The van der Waals surface area contributed by atoms with E-state index in [1.807, 2.05) is 30.3 Å². The van der Waals surface area contributed by atoms with Gasteiger partial charge in [-0.05, 0) is 25.0 Å². The first-order valence-corrected chi connectivity index (χ1v) is 7.39. The van der Waals surface area contributed by atoms with E-state index in [4.69, 9.17) is 0 Å². The number of aromatic carboxylic acids is 1. The quantitative estimate of drug-likeness (QED) is 0.942. The normalized spacial score (nSPS) is 15.7. The number of para-hydroxylation sites is 1. The van der Waals surface area contributed by atoms with Gasteiger partial charge in [-0.1, -0.05) is 31.0 Å². The van der Waals surface area contributed by atoms with E-state index in [9.17, 15) is 9.90 Å². The van der Waals surface area contributed by atoms with Crippen LogP contribution in [0.1, 0.15) is 36.0 Å². The van der Waals surface area contributed by atoms with Crippen molar-refractivity contribution in [2.24, 2.45) is 0 Å². The maximum absolute atomic E-state index is 11.5. The SMILES string of the molecule is O=C(O)c1cnn(-c2ccccc2)c1N1CCCCCC1. The van der Waals surface area contributed by atoms with Crippen molar-refractivity contribution in [1.29, 1.82) is 0 Å². The molecule has 2 heterocycles. The first-order valence-electron chi connectivity index (χ1n) is 7.39. The number of aromatic nitrogens is 2. The highest BCUT2D eigenvalue weighted by atomic mass is 16.4. The third-order valence-corrected chi connectivity index (χ3v) is 3.88. The number of hydrogen-bond donors (Lipinski definition) is 1. The Morgan fingerprint density at radius 2 is 1.71 bits per heavy atom. The minimum absolute atomic E-state index is 0.278. The Morgan fingerprint density at radius 3 is 2.33 bits per heavy atom. The molecule has 0 bridgehead atoms. The summed E-state index contributed by atoms with van der Waals surface area (Å²) in [5.74, 6) is -0.216. The maximum Gasteiger partial charge on any atom is 0.341 e. The highest BCUT2D eigenvalue weighted by Crippen LogP contribution is 2.26. The van der Waals surface area contributed by atoms with E-state index in [1.54, 1.807) is 4.68 Å². The molecule has 21 heavy (non-hydrogen) atoms. The molecule has 110 valence electrons. The van der Waals surface area contributed by atoms with Crippen molar-refractivity contribution < 1.29 is 9.90 Å². The number of carbonyl (C=O) groups is 1. The van der Waals surface area contributed by atoms with E-state index in [1.165, 1.54) is 19.0 Å². The van der Waals surface area contributed by atoms with Crippen molar-refractivity contribution in [2.75, 3.05) is 18.0 Å². The first-order chi connectivity index (χ1) is 10.3. The standard InChI is InChI=1S/C16H19N3O2/c20-16(21)14-12-17-19(13-8-4-3-5-9-13)15(14)18-10-6-1-2-7-11-18/h3-5,8-9,12H,1-2,6-7,10-11H2,(H,20,21). The molecular weight excluding hydrogens is 266 g/mol. The molecule has 5 nitrogen and oxygen atoms in total. The fourth-order valence-corrected chi connectivity index (χ4v) is 2.84. The first kappa shape index (κ1) is 13.7. The summed E-state index contributed by atoms with van der Waals surface area (Å²) in [6.45, 7) is 1.78. The van der Waals surface area contributed by atoms with Crippen LogP contribution in [0.4, 0.5) is 5.82 Å². The van der Waals surface area contributed by atoms with E-state index < -0.39 is 5.97 Å². The Balaban J connectivity index is 2.06. The van der Waals surface area contributed by atoms with Crippen LogP contribution in [0.2, 0.25) is 0 Å². The van der Waals surface area contributed by atoms with Crippen LogP contribution in [0.5, 0.6) is 0 Å². The molecule has 0 aliphatic carbocycles. The Morgan fingerprint density at radius 1 is 1.05 bits per heavy atom. The van der Waals surface area contributed by atoms with Crippen LogP contribution in [-0.2, 0) is 0 Å². The second-order valence-electron chi connectivity index (χ2n) is 5.34. The second-order valence-corrected chi connectivity index (χ2v) is 5.34. The Hall–Kier alpha value is -2.30. The summed E-state index contributed by atoms with van der Waals surface area (Å²) in [6.07, 6.45) is 6.06. The van der Waals surface area contributed by atoms with Gasteiger partial charge in [-0.3, -0.25) is 0 Å². The zero-order valence-corrected chi connectivity index (χ0v) is 11.9. The number of carboxylic acid groups (broad SMARTS) is 1. The highest BCUT2D eigenvalue weighted by Gasteiger charge is 2.23. The van der Waals surface area contributed by atoms with Gasteiger partial charge in [0.2, 0.25) is 0 Å². The third kappa shape index (κ3) is 2.77. The maximum atomic E-state index is 11.5. The summed E-state index contributed by atoms with van der Waals surface area (Å²) in [6, 6.07) is 9.70. The molecule has 1 saturated heterocycles. The van der Waals surface area contributed by atoms with Gasteiger partial charge in [-0.15, -0.1) is 0 Å². The van der Waals surface area contributed by atoms with Crippen molar-refractivity contribution in [3.63, 3.8) is 0 Å². The molecule has 0 unspecified atom stereocenters. The van der Waals surface area contributed by atoms with Crippen molar-refractivity contribution >= 4 is 11.8 Å². The molecular formula is C16H19N3O2. The molecule has 3 rings (SSSR count). The molecule has 1 aromatic heterocycles. The summed E-state index contributed by atoms with van der Waals surface area (Å²) in [4.78, 5) is 13.7. The number of rotatable bonds is 3. The predicted octanol–water partition coefficient (Wildman–Crippen LogP) is 2.95. The fraction of sp³-hybridized carbons (Fsp3) is 0.375. The van der Waals surface area contributed by atoms with Gasteiger partial charge in [0.15, 0.2) is 0 Å². The summed E-state index contributed by atoms with van der Waals surface area (Å²) in [5.41, 5.74) is 1.17. The van der Waals surface area contributed by atoms with Crippen LogP contribution in [0, 0.1) is 0 Å². The Bertz CT molecular complexity index is 614. The molecule has 1 aliphatic heterocycles. The third-order valence-electron chi connectivity index (χ3n) is 3.88. The lowest BCUT2D eigenvalue weighted by atomic mass is 10.2. The molecule has 1 fully saturated rings. The number of hydrogen-bond acceptors (Lipinski definition) is 3. The molecule has 0 saturated carbocycles. The summed E-state index contributed by atoms with van der Waals surface area (Å²) >= 11 is 0. The van der Waals surface area contributed by atoms with Gasteiger partial charge in [0, 0.05) is 13.1 Å². The predicted molar refractivity (Wildman–Crippen MR) is 81.2 cm³/mol. The van der Waals surface area contributed by atoms with Gasteiger partial charge in [-0.25, -0.2) is 9.48 Å². The van der Waals surface area contributed by atoms with Gasteiger partial charge < -0.3 is 10.0 Å². The van der Waals surface area contributed by atoms with E-state index in [-0.39, 0.29) is 5.56 Å². The van der Waals surface area contributed by atoms with E-state index in [0.717, 1.165) is 31.6 Å². The molecule has 1 aliphatic rings. The number of benzene rings is 1. The largest absolute Gasteiger partial charge is 0.477 e. The number of nitrogens with zero attached hydrogens (tertiary/aromatic N) is 3. The average molecular weight is 285 g/mol. The molecule has 0 radical (unpaired) electrons. The smallest absolute Gasteiger partial charge is 0.341 e. The molecule has 1 aromatic carbocycles. The van der Waals surface area contributed by atoms with E-state index >= 15 is 0 Å². The fourth-order valence-electron chi connectivity index (χ4n) is 2.84. The van der Waals surface area contributed by atoms with Crippen LogP contribution in [0.15, 0.2) is 36.5 Å². The Labute approximate surface area is 123 Å². The van der Waals surface area contributed by atoms with Crippen LogP contribution in [0.25, 0.3) is 5.69 Å². The van der Waals surface area contributed by atoms with Gasteiger partial charge in [-0.2, -0.15) is 5.10 Å². The zero-order chi connectivity index (χ0) is 14.7. The monoisotopic (exact) mass is 285 g/mol. The minimum Gasteiger partial charge on any atom is -0.477 e. The average Bonchev–Trinajstić information content (AvgIpc) is 2.77. The van der Waals surface area contributed by atoms with Crippen molar-refractivity contribution in [3.8, 4) is 5.69 Å². The Kier molecular flexibility index (Phi) is 3.90. The lowest BCUT2D eigenvalue weighted by Gasteiger charge is -2.24. The van der Waals surface area contributed by atoms with Crippen molar-refractivity contribution in [1.82, 2.24) is 9.78 Å². The molecule has 2 aromatic rings. The molecule has 0 amide bonds. The molecule has 1 N–H and O–H groups in total. The molecule has 5 heteroatoms. The lowest BCUT2D eigenvalue weighted by molar-refractivity contribution is 0.0697. The van der Waals surface area contributed by atoms with Gasteiger partial charge >= 0.3 is 5.97 Å². The van der Waals surface area contributed by atoms with Gasteiger partial charge in [0.1, 0.15) is 11.4 Å². The number of carboxylic acids is 1. The minimum atomic E-state index is -0.920. The van der Waals surface area contributed by atoms with Gasteiger partial charge in [0.05, 0.1) is 11.9 Å². The topological polar surface area (TPSA) is 58.4 Å². The zero-order valence-electron chi connectivity index (χ0n) is 11.9. The van der Waals surface area contributed by atoms with E-state index in [2.05, 4.69) is 10.00 Å².